The molecule has 2 rings (SSSR count). The van der Waals surface area contributed by atoms with Crippen LogP contribution in [0.4, 0.5) is 0 Å². The Morgan fingerprint density at radius 2 is 1.80 bits per heavy atom. The maximum absolute atomic E-state index is 12.9. The van der Waals surface area contributed by atoms with Crippen LogP contribution in [0.2, 0.25) is 0 Å². The molecule has 4 unspecified atom stereocenters. The van der Waals surface area contributed by atoms with Crippen molar-refractivity contribution in [3.8, 4) is 0 Å². The number of hydrogen-bond acceptors (Lipinski definition) is 2. The summed E-state index contributed by atoms with van der Waals surface area (Å²) >= 11 is 0. The summed E-state index contributed by atoms with van der Waals surface area (Å²) in [7, 11) is 0. The zero-order valence-electron chi connectivity index (χ0n) is 13.4. The van der Waals surface area contributed by atoms with E-state index >= 15 is 0 Å². The predicted octanol–water partition coefficient (Wildman–Crippen LogP) is 2.18. The highest BCUT2D eigenvalue weighted by molar-refractivity contribution is 5.90. The second-order valence-corrected chi connectivity index (χ2v) is 7.63. The highest BCUT2D eigenvalue weighted by Crippen LogP contribution is 2.36. The number of nitrogens with one attached hydrogen (secondary N) is 1. The van der Waals surface area contributed by atoms with Crippen molar-refractivity contribution in [1.82, 2.24) is 10.2 Å². The van der Waals surface area contributed by atoms with Crippen molar-refractivity contribution in [3.63, 3.8) is 0 Å². The van der Waals surface area contributed by atoms with Gasteiger partial charge in [0, 0.05) is 19.0 Å². The van der Waals surface area contributed by atoms with E-state index in [1.54, 1.807) is 0 Å². The van der Waals surface area contributed by atoms with Gasteiger partial charge in [0.1, 0.15) is 6.04 Å². The highest BCUT2D eigenvalue weighted by Gasteiger charge is 2.43. The van der Waals surface area contributed by atoms with Gasteiger partial charge in [-0.05, 0) is 30.1 Å². The molecule has 0 aromatic carbocycles. The Balaban J connectivity index is 2.24. The topological polar surface area (TPSA) is 49.4 Å². The summed E-state index contributed by atoms with van der Waals surface area (Å²) < 4.78 is 0. The maximum Gasteiger partial charge on any atom is 0.245 e. The summed E-state index contributed by atoms with van der Waals surface area (Å²) in [5.41, 5.74) is -0.247. The van der Waals surface area contributed by atoms with Crippen molar-refractivity contribution in [3.05, 3.63) is 0 Å². The molecule has 2 fully saturated rings. The molecule has 4 heteroatoms. The number of hydrogen-bond donors (Lipinski definition) is 1. The van der Waals surface area contributed by atoms with Crippen LogP contribution in [0.15, 0.2) is 0 Å². The van der Waals surface area contributed by atoms with Crippen molar-refractivity contribution < 1.29 is 9.59 Å². The van der Waals surface area contributed by atoms with Crippen molar-refractivity contribution in [2.75, 3.05) is 6.54 Å². The molecule has 0 radical (unpaired) electrons. The third-order valence-corrected chi connectivity index (χ3v) is 5.10. The fourth-order valence-corrected chi connectivity index (χ4v) is 3.49. The van der Waals surface area contributed by atoms with E-state index in [0.29, 0.717) is 30.8 Å². The van der Waals surface area contributed by atoms with Gasteiger partial charge in [0.15, 0.2) is 0 Å². The van der Waals surface area contributed by atoms with Crippen LogP contribution in [0.1, 0.15) is 53.9 Å². The van der Waals surface area contributed by atoms with Crippen LogP contribution in [0, 0.1) is 17.3 Å². The summed E-state index contributed by atoms with van der Waals surface area (Å²) in [6.07, 6.45) is 2.67. The van der Waals surface area contributed by atoms with Gasteiger partial charge in [-0.2, -0.15) is 0 Å². The molecule has 0 bridgehead atoms. The van der Waals surface area contributed by atoms with Crippen LogP contribution in [-0.2, 0) is 9.59 Å². The van der Waals surface area contributed by atoms with E-state index in [2.05, 4.69) is 19.2 Å². The molecule has 114 valence electrons. The summed E-state index contributed by atoms with van der Waals surface area (Å²) in [6.45, 7) is 11.1. The zero-order chi connectivity index (χ0) is 15.1. The van der Waals surface area contributed by atoms with Gasteiger partial charge < -0.3 is 10.2 Å². The Morgan fingerprint density at radius 1 is 1.15 bits per heavy atom. The molecule has 1 saturated carbocycles. The number of carbonyl (C=O) groups excluding carboxylic acids is 2. The van der Waals surface area contributed by atoms with Crippen LogP contribution in [0.25, 0.3) is 0 Å². The third-order valence-electron chi connectivity index (χ3n) is 5.10. The molecule has 1 saturated heterocycles. The Morgan fingerprint density at radius 3 is 2.30 bits per heavy atom. The molecule has 2 aliphatic rings. The normalized spacial score (nSPS) is 36.0. The van der Waals surface area contributed by atoms with Crippen molar-refractivity contribution in [1.29, 1.82) is 0 Å². The smallest absolute Gasteiger partial charge is 0.245 e. The number of amides is 2. The molecule has 0 spiro atoms. The Bertz CT molecular complexity index is 400. The first kappa shape index (κ1) is 15.3. The minimum Gasteiger partial charge on any atom is -0.344 e. The van der Waals surface area contributed by atoms with Gasteiger partial charge >= 0.3 is 0 Å². The molecule has 4 atom stereocenters. The van der Waals surface area contributed by atoms with E-state index in [9.17, 15) is 9.59 Å². The average molecular weight is 280 g/mol. The highest BCUT2D eigenvalue weighted by atomic mass is 16.2. The van der Waals surface area contributed by atoms with Crippen LogP contribution in [0.3, 0.4) is 0 Å². The summed E-state index contributed by atoms with van der Waals surface area (Å²) in [6, 6.07) is -0.101. The minimum absolute atomic E-state index is 0.000488. The van der Waals surface area contributed by atoms with Gasteiger partial charge in [0.2, 0.25) is 11.8 Å². The molecule has 1 N–H and O–H groups in total. The molecule has 1 aliphatic carbocycles. The van der Waals surface area contributed by atoms with Gasteiger partial charge in [-0.3, -0.25) is 9.59 Å². The second kappa shape index (κ2) is 5.38. The summed E-state index contributed by atoms with van der Waals surface area (Å²) in [5, 5.41) is 2.92. The van der Waals surface area contributed by atoms with Gasteiger partial charge in [0.25, 0.3) is 0 Å². The lowest BCUT2D eigenvalue weighted by Gasteiger charge is -2.37. The fourth-order valence-electron chi connectivity index (χ4n) is 3.49. The van der Waals surface area contributed by atoms with E-state index in [4.69, 9.17) is 0 Å². The molecule has 4 nitrogen and oxygen atoms in total. The van der Waals surface area contributed by atoms with Crippen molar-refractivity contribution in [2.45, 2.75) is 66.0 Å². The van der Waals surface area contributed by atoms with E-state index in [0.717, 1.165) is 6.42 Å². The second-order valence-electron chi connectivity index (χ2n) is 7.63. The molecular weight excluding hydrogens is 252 g/mol. The molecule has 0 aromatic heterocycles. The Hall–Kier alpha value is -1.06. The van der Waals surface area contributed by atoms with Gasteiger partial charge in [-0.25, -0.2) is 0 Å². The first-order chi connectivity index (χ1) is 9.21. The van der Waals surface area contributed by atoms with Gasteiger partial charge in [-0.1, -0.05) is 34.6 Å². The SMILES string of the molecule is CC1CCC(N2CCC(=O)NC(C(C)(C)C)C2=O)C1C. The Kier molecular flexibility index (Phi) is 4.12. The molecule has 1 heterocycles. The van der Waals surface area contributed by atoms with Crippen LogP contribution in [-0.4, -0.2) is 35.3 Å². The molecule has 2 amide bonds. The lowest BCUT2D eigenvalue weighted by molar-refractivity contribution is -0.139. The predicted molar refractivity (Wildman–Crippen MR) is 79.1 cm³/mol. The van der Waals surface area contributed by atoms with E-state index < -0.39 is 6.04 Å². The van der Waals surface area contributed by atoms with Crippen LogP contribution < -0.4 is 5.32 Å². The quantitative estimate of drug-likeness (QED) is 0.800. The van der Waals surface area contributed by atoms with E-state index in [1.165, 1.54) is 6.42 Å². The lowest BCUT2D eigenvalue weighted by Crippen LogP contribution is -2.54. The molecule has 0 aromatic rings. The average Bonchev–Trinajstić information content (AvgIpc) is 2.57. The zero-order valence-corrected chi connectivity index (χ0v) is 13.4. The van der Waals surface area contributed by atoms with Crippen LogP contribution >= 0.6 is 0 Å². The first-order valence-corrected chi connectivity index (χ1v) is 7.81. The van der Waals surface area contributed by atoms with Gasteiger partial charge in [0.05, 0.1) is 0 Å². The Labute approximate surface area is 122 Å². The largest absolute Gasteiger partial charge is 0.344 e. The van der Waals surface area contributed by atoms with E-state index in [-0.39, 0.29) is 17.2 Å². The van der Waals surface area contributed by atoms with Crippen molar-refractivity contribution in [2.24, 2.45) is 17.3 Å². The number of rotatable bonds is 1. The summed E-state index contributed by atoms with van der Waals surface area (Å²) in [5.74, 6) is 1.29. The molecular formula is C16H28N2O2. The number of carbonyl (C=O) groups is 2. The monoisotopic (exact) mass is 280 g/mol. The molecule has 20 heavy (non-hydrogen) atoms. The third kappa shape index (κ3) is 2.84. The fraction of sp³-hybridized carbons (Fsp3) is 0.875. The van der Waals surface area contributed by atoms with E-state index in [1.807, 2.05) is 25.7 Å². The van der Waals surface area contributed by atoms with Crippen molar-refractivity contribution >= 4 is 11.8 Å². The van der Waals surface area contributed by atoms with Gasteiger partial charge in [-0.15, -0.1) is 0 Å². The maximum atomic E-state index is 12.9. The molecule has 1 aliphatic heterocycles. The number of nitrogens with zero attached hydrogens (tertiary/aromatic N) is 1. The lowest BCUT2D eigenvalue weighted by atomic mass is 9.85. The minimum atomic E-state index is -0.402. The summed E-state index contributed by atoms with van der Waals surface area (Å²) in [4.78, 5) is 26.8. The first-order valence-electron chi connectivity index (χ1n) is 7.81. The standard InChI is InChI=1S/C16H28N2O2/c1-10-6-7-12(11(10)2)18-9-8-13(19)17-14(15(18)20)16(3,4)5/h10-12,14H,6-9H2,1-5H3,(H,17,19). The van der Waals surface area contributed by atoms with Crippen LogP contribution in [0.5, 0.6) is 0 Å².